The molecule has 0 atom stereocenters. The third-order valence-electron chi connectivity index (χ3n) is 5.74. The van der Waals surface area contributed by atoms with Crippen molar-refractivity contribution >= 4 is 33.1 Å². The predicted molar refractivity (Wildman–Crippen MR) is 123 cm³/mol. The van der Waals surface area contributed by atoms with E-state index in [4.69, 9.17) is 0 Å². The number of benzene rings is 2. The number of nitrogens with zero attached hydrogens (tertiary/aromatic N) is 4. The van der Waals surface area contributed by atoms with E-state index in [-0.39, 0.29) is 16.0 Å². The number of ether oxygens (including phenoxy) is 1. The average Bonchev–Trinajstić information content (AvgIpc) is 3.13. The molecule has 36 heavy (non-hydrogen) atoms. The highest BCUT2D eigenvalue weighted by Crippen LogP contribution is 2.28. The molecule has 1 aliphatic rings. The van der Waals surface area contributed by atoms with Crippen molar-refractivity contribution in [3.8, 4) is 5.75 Å². The lowest BCUT2D eigenvalue weighted by molar-refractivity contribution is -0.274. The van der Waals surface area contributed by atoms with Crippen molar-refractivity contribution < 1.29 is 35.9 Å². The molecule has 1 aromatic heterocycles. The molecule has 6 nitrogen and oxygen atoms in total. The van der Waals surface area contributed by atoms with Gasteiger partial charge < -0.3 is 14.2 Å². The van der Waals surface area contributed by atoms with Gasteiger partial charge in [0.2, 0.25) is 0 Å². The topological polar surface area (TPSA) is 50.1 Å². The SMILES string of the molecule is Cc1ccc(N2CCN(CCn3c(=NC(=O)C(F)(F)F)sc4cc(OC(F)(F)F)ccc43)CC2)cc1. The Hall–Kier alpha value is -3.06. The molecule has 0 bridgehead atoms. The number of fused-ring (bicyclic) bond motifs is 1. The van der Waals surface area contributed by atoms with Gasteiger partial charge >= 0.3 is 18.4 Å². The van der Waals surface area contributed by atoms with Crippen LogP contribution in [-0.4, -0.2) is 60.6 Å². The highest BCUT2D eigenvalue weighted by Gasteiger charge is 2.39. The summed E-state index contributed by atoms with van der Waals surface area (Å²) in [5.41, 5.74) is 2.64. The molecule has 0 saturated carbocycles. The number of hydrogen-bond acceptors (Lipinski definition) is 5. The van der Waals surface area contributed by atoms with Crippen molar-refractivity contribution in [1.82, 2.24) is 9.47 Å². The number of carbonyl (C=O) groups excluding carboxylic acids is 1. The number of aryl methyl sites for hydroxylation is 1. The lowest BCUT2D eigenvalue weighted by Gasteiger charge is -2.36. The number of anilines is 1. The van der Waals surface area contributed by atoms with Gasteiger partial charge in [-0.3, -0.25) is 9.69 Å². The first-order chi connectivity index (χ1) is 16.9. The van der Waals surface area contributed by atoms with E-state index in [0.717, 1.165) is 30.9 Å². The minimum atomic E-state index is -5.16. The Labute approximate surface area is 206 Å². The van der Waals surface area contributed by atoms with Gasteiger partial charge in [0.1, 0.15) is 5.75 Å². The van der Waals surface area contributed by atoms with Gasteiger partial charge in [0.05, 0.1) is 10.2 Å². The quantitative estimate of drug-likeness (QED) is 0.447. The van der Waals surface area contributed by atoms with Crippen LogP contribution in [0.15, 0.2) is 47.5 Å². The maximum atomic E-state index is 12.8. The van der Waals surface area contributed by atoms with Gasteiger partial charge in [-0.2, -0.15) is 18.2 Å². The van der Waals surface area contributed by atoms with Gasteiger partial charge in [-0.15, -0.1) is 13.2 Å². The Kier molecular flexibility index (Phi) is 7.32. The molecule has 0 N–H and O–H groups in total. The fraction of sp³-hybridized carbons (Fsp3) is 0.391. The van der Waals surface area contributed by atoms with E-state index in [1.54, 1.807) is 0 Å². The number of carbonyl (C=O) groups is 1. The van der Waals surface area contributed by atoms with Crippen LogP contribution in [0.25, 0.3) is 10.2 Å². The second-order valence-corrected chi connectivity index (χ2v) is 9.30. The first-order valence-corrected chi connectivity index (χ1v) is 11.8. The zero-order chi connectivity index (χ0) is 26.1. The van der Waals surface area contributed by atoms with Crippen LogP contribution < -0.4 is 14.4 Å². The Bertz CT molecular complexity index is 1290. The van der Waals surface area contributed by atoms with E-state index in [0.29, 0.717) is 36.5 Å². The number of hydrogen-bond donors (Lipinski definition) is 0. The lowest BCUT2D eigenvalue weighted by Crippen LogP contribution is -2.47. The average molecular weight is 533 g/mol. The van der Waals surface area contributed by atoms with Crippen molar-refractivity contribution in [2.24, 2.45) is 4.99 Å². The molecule has 0 unspecified atom stereocenters. The third kappa shape index (κ3) is 6.38. The van der Waals surface area contributed by atoms with Crippen LogP contribution in [0.2, 0.25) is 0 Å². The van der Waals surface area contributed by atoms with Crippen LogP contribution in [0, 0.1) is 6.92 Å². The number of amides is 1. The summed E-state index contributed by atoms with van der Waals surface area (Å²) in [4.78, 5) is 18.9. The molecule has 1 saturated heterocycles. The van der Waals surface area contributed by atoms with Crippen LogP contribution in [0.4, 0.5) is 32.0 Å². The molecule has 0 radical (unpaired) electrons. The number of rotatable bonds is 5. The van der Waals surface area contributed by atoms with E-state index >= 15 is 0 Å². The van der Waals surface area contributed by atoms with E-state index in [9.17, 15) is 31.1 Å². The normalized spacial score (nSPS) is 16.1. The Morgan fingerprint density at radius 3 is 2.25 bits per heavy atom. The van der Waals surface area contributed by atoms with Crippen LogP contribution in [0.1, 0.15) is 5.56 Å². The minimum Gasteiger partial charge on any atom is -0.406 e. The Morgan fingerprint density at radius 1 is 0.972 bits per heavy atom. The summed E-state index contributed by atoms with van der Waals surface area (Å²) in [7, 11) is 0. The Morgan fingerprint density at radius 2 is 1.64 bits per heavy atom. The second-order valence-electron chi connectivity index (χ2n) is 8.29. The van der Waals surface area contributed by atoms with Crippen molar-refractivity contribution in [3.05, 3.63) is 52.8 Å². The first-order valence-electron chi connectivity index (χ1n) is 11.0. The highest BCUT2D eigenvalue weighted by atomic mass is 32.1. The molecule has 13 heteroatoms. The second kappa shape index (κ2) is 10.1. The standard InChI is InChI=1S/C23H22F6N4O2S/c1-15-2-4-16(5-3-15)32-11-8-31(9-12-32)10-13-33-18-7-6-17(35-23(27,28)29)14-19(18)36-21(33)30-20(34)22(24,25)26/h2-7,14H,8-13H2,1H3. The highest BCUT2D eigenvalue weighted by molar-refractivity contribution is 7.16. The van der Waals surface area contributed by atoms with Crippen molar-refractivity contribution in [1.29, 1.82) is 0 Å². The van der Waals surface area contributed by atoms with E-state index in [2.05, 4.69) is 31.7 Å². The largest absolute Gasteiger partial charge is 0.573 e. The van der Waals surface area contributed by atoms with Gasteiger partial charge in [-0.05, 0) is 37.3 Å². The van der Waals surface area contributed by atoms with E-state index in [1.807, 2.05) is 19.1 Å². The molecule has 1 amide bonds. The zero-order valence-corrected chi connectivity index (χ0v) is 19.9. The fourth-order valence-corrected chi connectivity index (χ4v) is 5.01. The summed E-state index contributed by atoms with van der Waals surface area (Å²) < 4.78 is 81.8. The zero-order valence-electron chi connectivity index (χ0n) is 19.1. The first kappa shape index (κ1) is 26.0. The van der Waals surface area contributed by atoms with Crippen molar-refractivity contribution in [3.63, 3.8) is 0 Å². The third-order valence-corrected chi connectivity index (χ3v) is 6.78. The van der Waals surface area contributed by atoms with Gasteiger partial charge in [0, 0.05) is 45.0 Å². The number of halogens is 6. The maximum Gasteiger partial charge on any atom is 0.573 e. The molecule has 3 aromatic rings. The summed E-state index contributed by atoms with van der Waals surface area (Å²) in [5, 5.41) is 0. The van der Waals surface area contributed by atoms with E-state index < -0.39 is 24.2 Å². The van der Waals surface area contributed by atoms with Crippen molar-refractivity contribution in [2.45, 2.75) is 26.0 Å². The summed E-state index contributed by atoms with van der Waals surface area (Å²) in [5.74, 6) is -2.79. The monoisotopic (exact) mass is 532 g/mol. The van der Waals surface area contributed by atoms with Gasteiger partial charge in [0.25, 0.3) is 0 Å². The molecule has 0 spiro atoms. The van der Waals surface area contributed by atoms with Crippen LogP contribution in [0.5, 0.6) is 5.75 Å². The van der Waals surface area contributed by atoms with Crippen molar-refractivity contribution in [2.75, 3.05) is 37.6 Å². The van der Waals surface area contributed by atoms with E-state index in [1.165, 1.54) is 16.2 Å². The maximum absolute atomic E-state index is 12.8. The number of alkyl halides is 6. The van der Waals surface area contributed by atoms with Gasteiger partial charge in [-0.1, -0.05) is 29.0 Å². The smallest absolute Gasteiger partial charge is 0.406 e. The van der Waals surface area contributed by atoms with Gasteiger partial charge in [-0.25, -0.2) is 0 Å². The van der Waals surface area contributed by atoms with Crippen LogP contribution in [-0.2, 0) is 11.3 Å². The number of thiazole rings is 1. The van der Waals surface area contributed by atoms with Crippen LogP contribution >= 0.6 is 11.3 Å². The minimum absolute atomic E-state index is 0.202. The Balaban J connectivity index is 1.53. The molecule has 4 rings (SSSR count). The fourth-order valence-electron chi connectivity index (χ4n) is 3.93. The molecule has 2 heterocycles. The molecule has 1 aliphatic heterocycles. The molecule has 0 aliphatic carbocycles. The predicted octanol–water partition coefficient (Wildman–Crippen LogP) is 4.72. The lowest BCUT2D eigenvalue weighted by atomic mass is 10.2. The summed E-state index contributed by atoms with van der Waals surface area (Å²) in [6.45, 7) is 5.64. The summed E-state index contributed by atoms with van der Waals surface area (Å²) in [6.07, 6.45) is -10.1. The molecule has 1 fully saturated rings. The van der Waals surface area contributed by atoms with Crippen LogP contribution in [0.3, 0.4) is 0 Å². The number of piperazine rings is 1. The molecule has 2 aromatic carbocycles. The van der Waals surface area contributed by atoms with Gasteiger partial charge in [0.15, 0.2) is 4.80 Å². The summed E-state index contributed by atoms with van der Waals surface area (Å²) >= 11 is 0.695. The summed E-state index contributed by atoms with van der Waals surface area (Å²) in [6, 6.07) is 11.7. The molecule has 194 valence electrons. The molecular formula is C23H22F6N4O2S. The molecular weight excluding hydrogens is 510 g/mol. The number of aromatic nitrogens is 1.